The van der Waals surface area contributed by atoms with Gasteiger partial charge in [0, 0.05) is 0 Å². The fraction of sp³-hybridized carbons (Fsp3) is 0.500. The van der Waals surface area contributed by atoms with E-state index >= 15 is 0 Å². The van der Waals surface area contributed by atoms with Crippen molar-refractivity contribution in [2.45, 2.75) is 38.1 Å². The van der Waals surface area contributed by atoms with Crippen LogP contribution in [0.3, 0.4) is 0 Å². The van der Waals surface area contributed by atoms with E-state index in [1.165, 1.54) is 32.1 Å². The van der Waals surface area contributed by atoms with Crippen molar-refractivity contribution >= 4 is 34.2 Å². The summed E-state index contributed by atoms with van der Waals surface area (Å²) in [5.74, 6) is 1.38. The largest absolute Gasteiger partial charge is 0.341 e. The van der Waals surface area contributed by atoms with Crippen LogP contribution in [0.5, 0.6) is 0 Å². The number of aromatic amines is 1. The second kappa shape index (κ2) is 5.31. The first kappa shape index (κ1) is 13.2. The summed E-state index contributed by atoms with van der Waals surface area (Å²) < 4.78 is 0. The highest BCUT2D eigenvalue weighted by molar-refractivity contribution is 6.42. The van der Waals surface area contributed by atoms with Crippen molar-refractivity contribution in [3.8, 4) is 0 Å². The zero-order valence-electron chi connectivity index (χ0n) is 10.6. The van der Waals surface area contributed by atoms with Gasteiger partial charge >= 0.3 is 0 Å². The number of H-pyrrole nitrogens is 1. The number of hydrogen-bond acceptors (Lipinski definition) is 2. The lowest BCUT2D eigenvalue weighted by Crippen LogP contribution is -2.24. The third-order valence-electron chi connectivity index (χ3n) is 4.02. The molecule has 0 bridgehead atoms. The maximum atomic E-state index is 6.35. The van der Waals surface area contributed by atoms with Crippen molar-refractivity contribution in [1.29, 1.82) is 0 Å². The van der Waals surface area contributed by atoms with Gasteiger partial charge in [0.15, 0.2) is 0 Å². The number of nitrogens with zero attached hydrogens (tertiary/aromatic N) is 1. The van der Waals surface area contributed by atoms with Crippen LogP contribution in [-0.2, 0) is 0 Å². The third kappa shape index (κ3) is 2.60. The topological polar surface area (TPSA) is 54.7 Å². The zero-order chi connectivity index (χ0) is 13.4. The Balaban J connectivity index is 1.91. The molecule has 1 heterocycles. The lowest BCUT2D eigenvalue weighted by molar-refractivity contribution is 0.302. The van der Waals surface area contributed by atoms with Crippen molar-refractivity contribution in [3.63, 3.8) is 0 Å². The van der Waals surface area contributed by atoms with E-state index in [9.17, 15) is 0 Å². The molecule has 1 aromatic heterocycles. The van der Waals surface area contributed by atoms with E-state index in [2.05, 4.69) is 9.97 Å². The van der Waals surface area contributed by atoms with Gasteiger partial charge in [0.2, 0.25) is 0 Å². The van der Waals surface area contributed by atoms with E-state index in [1.54, 1.807) is 6.07 Å². The Kier molecular flexibility index (Phi) is 3.70. The molecular formula is C14H17Cl2N3. The van der Waals surface area contributed by atoms with Gasteiger partial charge in [-0.15, -0.1) is 0 Å². The van der Waals surface area contributed by atoms with Gasteiger partial charge in [0.25, 0.3) is 0 Å². The first-order valence-corrected chi connectivity index (χ1v) is 7.51. The average Bonchev–Trinajstić information content (AvgIpc) is 2.82. The van der Waals surface area contributed by atoms with Gasteiger partial charge in [-0.1, -0.05) is 42.5 Å². The molecule has 5 heteroatoms. The van der Waals surface area contributed by atoms with Crippen LogP contribution in [-0.4, -0.2) is 9.97 Å². The first-order chi connectivity index (χ1) is 9.15. The van der Waals surface area contributed by atoms with Crippen molar-refractivity contribution in [2.75, 3.05) is 0 Å². The molecule has 3 rings (SSSR count). The molecule has 0 saturated heterocycles. The van der Waals surface area contributed by atoms with Gasteiger partial charge in [-0.2, -0.15) is 0 Å². The van der Waals surface area contributed by atoms with E-state index in [-0.39, 0.29) is 6.04 Å². The Hall–Kier alpha value is -0.770. The van der Waals surface area contributed by atoms with E-state index in [1.807, 2.05) is 6.07 Å². The average molecular weight is 298 g/mol. The maximum Gasteiger partial charge on any atom is 0.124 e. The van der Waals surface area contributed by atoms with Gasteiger partial charge in [0.05, 0.1) is 27.1 Å². The number of halogens is 2. The Morgan fingerprint density at radius 2 is 1.84 bits per heavy atom. The van der Waals surface area contributed by atoms with E-state index < -0.39 is 0 Å². The monoisotopic (exact) mass is 297 g/mol. The van der Waals surface area contributed by atoms with E-state index in [0.717, 1.165) is 16.9 Å². The molecule has 1 aliphatic carbocycles. The summed E-state index contributed by atoms with van der Waals surface area (Å²) in [6.07, 6.45) is 6.26. The summed E-state index contributed by atoms with van der Waals surface area (Å²) in [6.45, 7) is 0. The van der Waals surface area contributed by atoms with Gasteiger partial charge in [-0.25, -0.2) is 4.98 Å². The molecule has 1 unspecified atom stereocenters. The van der Waals surface area contributed by atoms with Crippen LogP contribution in [0.4, 0.5) is 0 Å². The van der Waals surface area contributed by atoms with Gasteiger partial charge in [-0.05, 0) is 30.9 Å². The summed E-state index contributed by atoms with van der Waals surface area (Å²) in [4.78, 5) is 7.85. The molecule has 0 amide bonds. The lowest BCUT2D eigenvalue weighted by Gasteiger charge is -2.26. The highest BCUT2D eigenvalue weighted by Gasteiger charge is 2.24. The Morgan fingerprint density at radius 1 is 1.16 bits per heavy atom. The van der Waals surface area contributed by atoms with Crippen molar-refractivity contribution in [3.05, 3.63) is 28.0 Å². The molecule has 1 aromatic carbocycles. The minimum absolute atomic E-state index is 0.0229. The number of aromatic nitrogens is 2. The van der Waals surface area contributed by atoms with Gasteiger partial charge < -0.3 is 10.7 Å². The number of hydrogen-bond donors (Lipinski definition) is 2. The van der Waals surface area contributed by atoms with Crippen LogP contribution in [0, 0.1) is 5.92 Å². The molecule has 0 spiro atoms. The van der Waals surface area contributed by atoms with Crippen LogP contribution in [0.1, 0.15) is 44.0 Å². The summed E-state index contributed by atoms with van der Waals surface area (Å²) in [7, 11) is 0. The van der Waals surface area contributed by atoms with Gasteiger partial charge in [-0.3, -0.25) is 0 Å². The second-order valence-corrected chi connectivity index (χ2v) is 6.14. The van der Waals surface area contributed by atoms with Crippen LogP contribution in [0.15, 0.2) is 12.1 Å². The van der Waals surface area contributed by atoms with Crippen LogP contribution in [0.2, 0.25) is 10.0 Å². The van der Waals surface area contributed by atoms with E-state index in [4.69, 9.17) is 28.9 Å². The summed E-state index contributed by atoms with van der Waals surface area (Å²) in [5, 5.41) is 1.06. The molecule has 0 aliphatic heterocycles. The number of imidazole rings is 1. The van der Waals surface area contributed by atoms with Crippen LogP contribution >= 0.6 is 23.2 Å². The molecule has 1 aliphatic rings. The summed E-state index contributed by atoms with van der Waals surface area (Å²) in [5.41, 5.74) is 8.08. The predicted molar refractivity (Wildman–Crippen MR) is 79.6 cm³/mol. The zero-order valence-corrected chi connectivity index (χ0v) is 12.1. The minimum Gasteiger partial charge on any atom is -0.341 e. The predicted octanol–water partition coefficient (Wildman–Crippen LogP) is 4.45. The molecule has 102 valence electrons. The summed E-state index contributed by atoms with van der Waals surface area (Å²) >= 11 is 12.0. The molecule has 3 N–H and O–H groups in total. The van der Waals surface area contributed by atoms with Crippen molar-refractivity contribution in [1.82, 2.24) is 9.97 Å². The number of fused-ring (bicyclic) bond motifs is 1. The van der Waals surface area contributed by atoms with E-state index in [0.29, 0.717) is 16.0 Å². The fourth-order valence-corrected chi connectivity index (χ4v) is 3.22. The smallest absolute Gasteiger partial charge is 0.124 e. The number of nitrogens with one attached hydrogen (secondary N) is 1. The molecule has 1 saturated carbocycles. The number of rotatable bonds is 2. The SMILES string of the molecule is NC(c1nc2cc(Cl)c(Cl)cc2[nH]1)C1CCCCC1. The molecule has 1 atom stereocenters. The molecule has 2 aromatic rings. The Labute approximate surface area is 122 Å². The van der Waals surface area contributed by atoms with Crippen LogP contribution in [0.25, 0.3) is 11.0 Å². The fourth-order valence-electron chi connectivity index (χ4n) is 2.90. The van der Waals surface area contributed by atoms with Crippen molar-refractivity contribution < 1.29 is 0 Å². The third-order valence-corrected chi connectivity index (χ3v) is 4.74. The quantitative estimate of drug-likeness (QED) is 0.860. The standard InChI is InChI=1S/C14H17Cl2N3/c15-9-6-11-12(7-10(9)16)19-14(18-11)13(17)8-4-2-1-3-5-8/h6-8,13H,1-5,17H2,(H,18,19). The maximum absolute atomic E-state index is 6.35. The molecule has 3 nitrogen and oxygen atoms in total. The Bertz CT molecular complexity index is 549. The molecule has 0 radical (unpaired) electrons. The minimum atomic E-state index is -0.0229. The first-order valence-electron chi connectivity index (χ1n) is 6.75. The van der Waals surface area contributed by atoms with Crippen LogP contribution < -0.4 is 5.73 Å². The lowest BCUT2D eigenvalue weighted by atomic mass is 9.84. The summed E-state index contributed by atoms with van der Waals surface area (Å²) in [6, 6.07) is 3.57. The molecule has 19 heavy (non-hydrogen) atoms. The Morgan fingerprint density at radius 3 is 2.58 bits per heavy atom. The van der Waals surface area contributed by atoms with Gasteiger partial charge in [0.1, 0.15) is 5.82 Å². The number of benzene rings is 1. The highest BCUT2D eigenvalue weighted by Crippen LogP contribution is 2.33. The molecular weight excluding hydrogens is 281 g/mol. The second-order valence-electron chi connectivity index (χ2n) is 5.33. The number of nitrogens with two attached hydrogens (primary N) is 1. The van der Waals surface area contributed by atoms with Crippen molar-refractivity contribution in [2.24, 2.45) is 11.7 Å². The molecule has 1 fully saturated rings. The highest BCUT2D eigenvalue weighted by atomic mass is 35.5. The normalized spacial score (nSPS) is 18.9.